The van der Waals surface area contributed by atoms with Gasteiger partial charge in [0.05, 0.1) is 12.2 Å². The second-order valence-electron chi connectivity index (χ2n) is 4.76. The van der Waals surface area contributed by atoms with Crippen LogP contribution in [0.1, 0.15) is 31.7 Å². The Bertz CT molecular complexity index is 397. The number of aromatic nitrogens is 2. The lowest BCUT2D eigenvalue weighted by Gasteiger charge is -2.21. The van der Waals surface area contributed by atoms with Crippen LogP contribution in [0.25, 0.3) is 0 Å². The topological polar surface area (TPSA) is 73.1 Å². The highest BCUT2D eigenvalue weighted by Gasteiger charge is 2.26. The van der Waals surface area contributed by atoms with Crippen molar-refractivity contribution in [2.75, 3.05) is 18.5 Å². The molecule has 1 aromatic rings. The van der Waals surface area contributed by atoms with Gasteiger partial charge >= 0.3 is 0 Å². The molecule has 0 saturated heterocycles. The molecule has 2 unspecified atom stereocenters. The molecule has 0 amide bonds. The van der Waals surface area contributed by atoms with Gasteiger partial charge in [0.1, 0.15) is 12.1 Å². The third kappa shape index (κ3) is 2.72. The van der Waals surface area contributed by atoms with Crippen LogP contribution >= 0.6 is 0 Å². The van der Waals surface area contributed by atoms with Crippen molar-refractivity contribution in [1.29, 1.82) is 0 Å². The molecular formula is C13H22N4O. The third-order valence-corrected chi connectivity index (χ3v) is 3.60. The molecule has 0 spiro atoms. The van der Waals surface area contributed by atoms with Crippen LogP contribution in [-0.4, -0.2) is 29.2 Å². The van der Waals surface area contributed by atoms with Crippen molar-refractivity contribution < 1.29 is 4.74 Å². The molecule has 1 fully saturated rings. The van der Waals surface area contributed by atoms with E-state index >= 15 is 0 Å². The van der Waals surface area contributed by atoms with Gasteiger partial charge in [-0.3, -0.25) is 0 Å². The summed E-state index contributed by atoms with van der Waals surface area (Å²) in [5.41, 5.74) is 6.77. The van der Waals surface area contributed by atoms with Crippen LogP contribution < -0.4 is 15.8 Å². The van der Waals surface area contributed by atoms with E-state index in [9.17, 15) is 0 Å². The summed E-state index contributed by atoms with van der Waals surface area (Å²) in [6.45, 7) is 5.29. The van der Waals surface area contributed by atoms with Crippen molar-refractivity contribution in [3.8, 4) is 5.88 Å². The van der Waals surface area contributed by atoms with Crippen molar-refractivity contribution in [3.05, 3.63) is 11.9 Å². The molecule has 5 heteroatoms. The highest BCUT2D eigenvalue weighted by atomic mass is 16.5. The monoisotopic (exact) mass is 250 g/mol. The van der Waals surface area contributed by atoms with Gasteiger partial charge in [0, 0.05) is 6.04 Å². The van der Waals surface area contributed by atoms with Crippen molar-refractivity contribution in [2.45, 2.75) is 39.2 Å². The van der Waals surface area contributed by atoms with Gasteiger partial charge in [-0.15, -0.1) is 0 Å². The largest absolute Gasteiger partial charge is 0.478 e. The van der Waals surface area contributed by atoms with Crippen LogP contribution in [-0.2, 0) is 0 Å². The summed E-state index contributed by atoms with van der Waals surface area (Å²) in [4.78, 5) is 8.45. The van der Waals surface area contributed by atoms with Crippen LogP contribution in [0, 0.1) is 12.8 Å². The lowest BCUT2D eigenvalue weighted by Crippen LogP contribution is -2.30. The van der Waals surface area contributed by atoms with Gasteiger partial charge < -0.3 is 15.8 Å². The maximum absolute atomic E-state index is 5.80. The molecule has 1 aliphatic carbocycles. The molecule has 0 radical (unpaired) electrons. The molecular weight excluding hydrogens is 228 g/mol. The average Bonchev–Trinajstić information content (AvgIpc) is 2.82. The van der Waals surface area contributed by atoms with Crippen LogP contribution in [0.5, 0.6) is 5.88 Å². The number of nitrogens with two attached hydrogens (primary N) is 1. The second kappa shape index (κ2) is 6.00. The lowest BCUT2D eigenvalue weighted by atomic mass is 10.0. The van der Waals surface area contributed by atoms with E-state index in [1.165, 1.54) is 12.8 Å². The van der Waals surface area contributed by atoms with E-state index in [4.69, 9.17) is 10.5 Å². The minimum atomic E-state index is 0.429. The fraction of sp³-hybridized carbons (Fsp3) is 0.692. The molecule has 1 aliphatic rings. The summed E-state index contributed by atoms with van der Waals surface area (Å²) in [5, 5.41) is 3.50. The van der Waals surface area contributed by atoms with E-state index in [2.05, 4.69) is 15.3 Å². The maximum atomic E-state index is 5.80. The SMILES string of the molecule is CCOc1ncnc(NC2CCCC2CN)c1C. The second-order valence-corrected chi connectivity index (χ2v) is 4.76. The molecule has 0 aromatic carbocycles. The first kappa shape index (κ1) is 13.1. The highest BCUT2D eigenvalue weighted by molar-refractivity contribution is 5.48. The molecule has 5 nitrogen and oxygen atoms in total. The van der Waals surface area contributed by atoms with Gasteiger partial charge in [-0.2, -0.15) is 0 Å². The number of nitrogens with zero attached hydrogens (tertiary/aromatic N) is 2. The van der Waals surface area contributed by atoms with Gasteiger partial charge in [-0.1, -0.05) is 6.42 Å². The molecule has 2 rings (SSSR count). The van der Waals surface area contributed by atoms with Crippen molar-refractivity contribution in [2.24, 2.45) is 11.7 Å². The summed E-state index contributed by atoms with van der Waals surface area (Å²) in [6, 6.07) is 0.429. The summed E-state index contributed by atoms with van der Waals surface area (Å²) in [5.74, 6) is 2.09. The van der Waals surface area contributed by atoms with Gasteiger partial charge in [0.15, 0.2) is 0 Å². The molecule has 100 valence electrons. The first-order valence-corrected chi connectivity index (χ1v) is 6.67. The Morgan fingerprint density at radius 2 is 2.28 bits per heavy atom. The van der Waals surface area contributed by atoms with E-state index in [0.29, 0.717) is 24.4 Å². The smallest absolute Gasteiger partial charge is 0.221 e. The van der Waals surface area contributed by atoms with E-state index in [1.54, 1.807) is 6.33 Å². The first-order valence-electron chi connectivity index (χ1n) is 6.67. The summed E-state index contributed by atoms with van der Waals surface area (Å²) >= 11 is 0. The molecule has 1 heterocycles. The maximum Gasteiger partial charge on any atom is 0.221 e. The molecule has 1 aromatic heterocycles. The molecule has 18 heavy (non-hydrogen) atoms. The summed E-state index contributed by atoms with van der Waals surface area (Å²) in [7, 11) is 0. The van der Waals surface area contributed by atoms with Crippen LogP contribution in [0.15, 0.2) is 6.33 Å². The minimum absolute atomic E-state index is 0.429. The van der Waals surface area contributed by atoms with Gasteiger partial charge in [-0.25, -0.2) is 9.97 Å². The Labute approximate surface area is 108 Å². The normalized spacial score (nSPS) is 23.1. The van der Waals surface area contributed by atoms with E-state index < -0.39 is 0 Å². The Morgan fingerprint density at radius 3 is 3.00 bits per heavy atom. The Balaban J connectivity index is 2.11. The lowest BCUT2D eigenvalue weighted by molar-refractivity contribution is 0.323. The van der Waals surface area contributed by atoms with Crippen LogP contribution in [0.2, 0.25) is 0 Å². The van der Waals surface area contributed by atoms with E-state index in [-0.39, 0.29) is 0 Å². The quantitative estimate of drug-likeness (QED) is 0.832. The van der Waals surface area contributed by atoms with Gasteiger partial charge in [0.2, 0.25) is 5.88 Å². The standard InChI is InChI=1S/C13H22N4O/c1-3-18-13-9(2)12(15-8-16-13)17-11-6-4-5-10(11)7-14/h8,10-11H,3-7,14H2,1-2H3,(H,15,16,17). The number of hydrogen-bond acceptors (Lipinski definition) is 5. The van der Waals surface area contributed by atoms with Gasteiger partial charge in [0.25, 0.3) is 0 Å². The summed E-state index contributed by atoms with van der Waals surface area (Å²) in [6.07, 6.45) is 5.15. The zero-order chi connectivity index (χ0) is 13.0. The van der Waals surface area contributed by atoms with Crippen molar-refractivity contribution >= 4 is 5.82 Å². The van der Waals surface area contributed by atoms with Crippen molar-refractivity contribution in [3.63, 3.8) is 0 Å². The Morgan fingerprint density at radius 1 is 1.44 bits per heavy atom. The van der Waals surface area contributed by atoms with Crippen LogP contribution in [0.3, 0.4) is 0 Å². The molecule has 2 atom stereocenters. The molecule has 0 aliphatic heterocycles. The number of nitrogens with one attached hydrogen (secondary N) is 1. The summed E-state index contributed by atoms with van der Waals surface area (Å²) < 4.78 is 5.48. The first-order chi connectivity index (χ1) is 8.76. The fourth-order valence-electron chi connectivity index (χ4n) is 2.55. The zero-order valence-electron chi connectivity index (χ0n) is 11.1. The third-order valence-electron chi connectivity index (χ3n) is 3.60. The number of ether oxygens (including phenoxy) is 1. The Kier molecular flexibility index (Phi) is 4.36. The fourth-order valence-corrected chi connectivity index (χ4v) is 2.55. The minimum Gasteiger partial charge on any atom is -0.478 e. The average molecular weight is 250 g/mol. The van der Waals surface area contributed by atoms with Gasteiger partial charge in [-0.05, 0) is 39.2 Å². The van der Waals surface area contributed by atoms with E-state index in [1.807, 2.05) is 13.8 Å². The highest BCUT2D eigenvalue weighted by Crippen LogP contribution is 2.29. The van der Waals surface area contributed by atoms with Crippen molar-refractivity contribution in [1.82, 2.24) is 9.97 Å². The number of rotatable bonds is 5. The number of anilines is 1. The Hall–Kier alpha value is -1.36. The predicted molar refractivity (Wildman–Crippen MR) is 71.7 cm³/mol. The molecule has 3 N–H and O–H groups in total. The van der Waals surface area contributed by atoms with Crippen LogP contribution in [0.4, 0.5) is 5.82 Å². The molecule has 0 bridgehead atoms. The zero-order valence-corrected chi connectivity index (χ0v) is 11.1. The molecule has 1 saturated carbocycles. The van der Waals surface area contributed by atoms with E-state index in [0.717, 1.165) is 24.3 Å². The number of hydrogen-bond donors (Lipinski definition) is 2. The predicted octanol–water partition coefficient (Wildman–Crippen LogP) is 1.72.